The second-order valence-electron chi connectivity index (χ2n) is 5.14. The third-order valence-electron chi connectivity index (χ3n) is 3.53. The van der Waals surface area contributed by atoms with Crippen LogP contribution in [0.3, 0.4) is 0 Å². The molecule has 0 heterocycles. The number of hydrogen-bond acceptors (Lipinski definition) is 4. The molecule has 0 spiro atoms. The van der Waals surface area contributed by atoms with Crippen molar-refractivity contribution in [3.63, 3.8) is 0 Å². The second-order valence-corrected chi connectivity index (χ2v) is 6.99. The van der Waals surface area contributed by atoms with Crippen LogP contribution in [0.5, 0.6) is 11.5 Å². The van der Waals surface area contributed by atoms with Crippen molar-refractivity contribution < 1.29 is 9.47 Å². The van der Waals surface area contributed by atoms with Gasteiger partial charge in [0.25, 0.3) is 0 Å². The van der Waals surface area contributed by atoms with Gasteiger partial charge in [-0.1, -0.05) is 58.0 Å². The van der Waals surface area contributed by atoms with E-state index >= 15 is 0 Å². The summed E-state index contributed by atoms with van der Waals surface area (Å²) in [4.78, 5) is 4.55. The fourth-order valence-corrected chi connectivity index (χ4v) is 3.62. The summed E-state index contributed by atoms with van der Waals surface area (Å²) in [5.41, 5.74) is 8.30. The van der Waals surface area contributed by atoms with Gasteiger partial charge in [0.2, 0.25) is 0 Å². The van der Waals surface area contributed by atoms with E-state index in [0.29, 0.717) is 22.4 Å². The number of rotatable bonds is 6. The number of hydrogen-bond donors (Lipinski definition) is 1. The maximum atomic E-state index is 6.08. The first-order valence-electron chi connectivity index (χ1n) is 7.46. The third kappa shape index (κ3) is 4.92. The Morgan fingerprint density at radius 2 is 1.79 bits per heavy atom. The van der Waals surface area contributed by atoms with E-state index < -0.39 is 0 Å². The molecule has 0 saturated heterocycles. The highest BCUT2D eigenvalue weighted by molar-refractivity contribution is 9.10. The minimum absolute atomic E-state index is 0.0348. The number of amidine groups is 1. The summed E-state index contributed by atoms with van der Waals surface area (Å²) in [7, 11) is 3.24. The van der Waals surface area contributed by atoms with Gasteiger partial charge < -0.3 is 15.2 Å². The van der Waals surface area contributed by atoms with E-state index in [-0.39, 0.29) is 6.04 Å². The minimum Gasteiger partial charge on any atom is -0.493 e. The van der Waals surface area contributed by atoms with Gasteiger partial charge in [0.1, 0.15) is 0 Å². The van der Waals surface area contributed by atoms with Crippen molar-refractivity contribution in [2.24, 2.45) is 10.7 Å². The number of nitrogens with zero attached hydrogens (tertiary/aromatic N) is 1. The molecule has 128 valence electrons. The van der Waals surface area contributed by atoms with Crippen LogP contribution in [0.25, 0.3) is 0 Å². The molecule has 4 nitrogen and oxygen atoms in total. The zero-order valence-corrected chi connectivity index (χ0v) is 16.4. The molecule has 0 aliphatic rings. The molecule has 2 rings (SSSR count). The Balaban J connectivity index is 2.06. The lowest BCUT2D eigenvalue weighted by atomic mass is 10.1. The molecule has 0 aromatic heterocycles. The SMILES string of the molecule is COc1cc(Br)c(CSC(N)=N[C@H](C)c2ccccc2)cc1OC. The molecular weight excluding hydrogens is 388 g/mol. The quantitative estimate of drug-likeness (QED) is 0.551. The van der Waals surface area contributed by atoms with E-state index in [0.717, 1.165) is 15.6 Å². The van der Waals surface area contributed by atoms with Gasteiger partial charge in [0.05, 0.1) is 20.3 Å². The Morgan fingerprint density at radius 1 is 1.17 bits per heavy atom. The summed E-state index contributed by atoms with van der Waals surface area (Å²) in [6.45, 7) is 2.04. The lowest BCUT2D eigenvalue weighted by Crippen LogP contribution is -2.09. The zero-order chi connectivity index (χ0) is 17.5. The van der Waals surface area contributed by atoms with Gasteiger partial charge in [0.15, 0.2) is 16.7 Å². The average Bonchev–Trinajstić information content (AvgIpc) is 2.61. The van der Waals surface area contributed by atoms with Crippen molar-refractivity contribution in [3.8, 4) is 11.5 Å². The molecule has 6 heteroatoms. The molecule has 2 aromatic rings. The third-order valence-corrected chi connectivity index (χ3v) is 5.13. The number of nitrogens with two attached hydrogens (primary N) is 1. The Morgan fingerprint density at radius 3 is 2.42 bits per heavy atom. The highest BCUT2D eigenvalue weighted by atomic mass is 79.9. The molecule has 0 fully saturated rings. The lowest BCUT2D eigenvalue weighted by molar-refractivity contribution is 0.354. The van der Waals surface area contributed by atoms with E-state index in [1.54, 1.807) is 14.2 Å². The zero-order valence-electron chi connectivity index (χ0n) is 14.0. The maximum Gasteiger partial charge on any atom is 0.161 e. The standard InChI is InChI=1S/C18H21BrN2O2S/c1-12(13-7-5-4-6-8-13)21-18(20)24-11-14-9-16(22-2)17(23-3)10-15(14)19/h4-10,12H,11H2,1-3H3,(H2,20,21)/t12-/m1/s1. The molecular formula is C18H21BrN2O2S. The predicted molar refractivity (Wildman–Crippen MR) is 105 cm³/mol. The van der Waals surface area contributed by atoms with Gasteiger partial charge in [0, 0.05) is 10.2 Å². The normalized spacial score (nSPS) is 12.8. The van der Waals surface area contributed by atoms with Gasteiger partial charge in [-0.25, -0.2) is 0 Å². The van der Waals surface area contributed by atoms with Gasteiger partial charge in [-0.2, -0.15) is 0 Å². The number of benzene rings is 2. The highest BCUT2D eigenvalue weighted by Gasteiger charge is 2.11. The van der Waals surface area contributed by atoms with Gasteiger partial charge in [-0.05, 0) is 30.2 Å². The van der Waals surface area contributed by atoms with E-state index in [1.165, 1.54) is 11.8 Å². The van der Waals surface area contributed by atoms with Crippen molar-refractivity contribution >= 4 is 32.9 Å². The van der Waals surface area contributed by atoms with Gasteiger partial charge in [-0.15, -0.1) is 0 Å². The number of thioether (sulfide) groups is 1. The highest BCUT2D eigenvalue weighted by Crippen LogP contribution is 2.35. The summed E-state index contributed by atoms with van der Waals surface area (Å²) >= 11 is 5.06. The molecule has 24 heavy (non-hydrogen) atoms. The fraction of sp³-hybridized carbons (Fsp3) is 0.278. The molecule has 1 atom stereocenters. The fourth-order valence-electron chi connectivity index (χ4n) is 2.19. The number of ether oxygens (including phenoxy) is 2. The van der Waals surface area contributed by atoms with Crippen LogP contribution in [0.1, 0.15) is 24.1 Å². The smallest absolute Gasteiger partial charge is 0.161 e. The molecule has 2 aromatic carbocycles. The van der Waals surface area contributed by atoms with Crippen LogP contribution in [0.2, 0.25) is 0 Å². The monoisotopic (exact) mass is 408 g/mol. The largest absolute Gasteiger partial charge is 0.493 e. The summed E-state index contributed by atoms with van der Waals surface area (Å²) in [5, 5.41) is 0.563. The van der Waals surface area contributed by atoms with Crippen molar-refractivity contribution in [1.29, 1.82) is 0 Å². The van der Waals surface area contributed by atoms with Crippen molar-refractivity contribution in [3.05, 3.63) is 58.1 Å². The predicted octanol–water partition coefficient (Wildman–Crippen LogP) is 4.78. The number of aliphatic imine (C=N–C) groups is 1. The van der Waals surface area contributed by atoms with Crippen LogP contribution in [-0.4, -0.2) is 19.4 Å². The van der Waals surface area contributed by atoms with E-state index in [1.807, 2.05) is 37.3 Å². The minimum atomic E-state index is 0.0348. The van der Waals surface area contributed by atoms with Crippen LogP contribution in [0.4, 0.5) is 0 Å². The van der Waals surface area contributed by atoms with Crippen LogP contribution in [0.15, 0.2) is 51.9 Å². The molecule has 0 bridgehead atoms. The summed E-state index contributed by atoms with van der Waals surface area (Å²) in [6.07, 6.45) is 0. The Bertz CT molecular complexity index is 708. The summed E-state index contributed by atoms with van der Waals surface area (Å²) in [5.74, 6) is 2.08. The number of halogens is 1. The van der Waals surface area contributed by atoms with Crippen molar-refractivity contribution in [2.45, 2.75) is 18.7 Å². The van der Waals surface area contributed by atoms with Crippen LogP contribution < -0.4 is 15.2 Å². The Labute approximate surface area is 155 Å². The maximum absolute atomic E-state index is 6.08. The summed E-state index contributed by atoms with van der Waals surface area (Å²) < 4.78 is 11.6. The van der Waals surface area contributed by atoms with Crippen molar-refractivity contribution in [2.75, 3.05) is 14.2 Å². The topological polar surface area (TPSA) is 56.8 Å². The van der Waals surface area contributed by atoms with Crippen LogP contribution in [-0.2, 0) is 5.75 Å². The van der Waals surface area contributed by atoms with Gasteiger partial charge >= 0.3 is 0 Å². The van der Waals surface area contributed by atoms with Crippen LogP contribution in [0, 0.1) is 0 Å². The van der Waals surface area contributed by atoms with Crippen LogP contribution >= 0.6 is 27.7 Å². The molecule has 0 radical (unpaired) electrons. The van der Waals surface area contributed by atoms with E-state index in [4.69, 9.17) is 15.2 Å². The average molecular weight is 409 g/mol. The molecule has 0 amide bonds. The molecule has 0 unspecified atom stereocenters. The van der Waals surface area contributed by atoms with Gasteiger partial charge in [-0.3, -0.25) is 4.99 Å². The summed E-state index contributed by atoms with van der Waals surface area (Å²) in [6, 6.07) is 14.0. The van der Waals surface area contributed by atoms with E-state index in [9.17, 15) is 0 Å². The van der Waals surface area contributed by atoms with E-state index in [2.05, 4.69) is 33.1 Å². The Kier molecular flexibility index (Phi) is 6.99. The first kappa shape index (κ1) is 18.7. The second kappa shape index (κ2) is 8.99. The molecule has 0 saturated carbocycles. The lowest BCUT2D eigenvalue weighted by Gasteiger charge is -2.12. The molecule has 2 N–H and O–H groups in total. The molecule has 0 aliphatic carbocycles. The number of methoxy groups -OCH3 is 2. The first-order valence-corrected chi connectivity index (χ1v) is 9.24. The molecule has 0 aliphatic heterocycles. The Hall–Kier alpha value is -1.66. The first-order chi connectivity index (χ1) is 11.5. The van der Waals surface area contributed by atoms with Crippen molar-refractivity contribution in [1.82, 2.24) is 0 Å².